The van der Waals surface area contributed by atoms with Crippen molar-refractivity contribution in [1.29, 1.82) is 0 Å². The standard InChI is InChI=1S/C12H10O4S.C6H6O2.C4H10/c13-9-1-5-11(6-2-9)17(15,16)12-7-3-10(14)4-8-12;7-5-2-1-3-6(8)4-5;1-4(2)3/h1-8,13-14H;1-4,7-8H;4H,1-3H3. The lowest BCUT2D eigenvalue weighted by Crippen LogP contribution is -2.01. The molecule has 3 rings (SSSR count). The quantitative estimate of drug-likeness (QED) is 0.480. The Morgan fingerprint density at radius 2 is 0.897 bits per heavy atom. The van der Waals surface area contributed by atoms with E-state index in [9.17, 15) is 8.42 Å². The first-order chi connectivity index (χ1) is 13.5. The summed E-state index contributed by atoms with van der Waals surface area (Å²) in [5, 5.41) is 35.5. The summed E-state index contributed by atoms with van der Waals surface area (Å²) in [6.07, 6.45) is 0. The molecule has 0 atom stereocenters. The molecular weight excluding hydrogens is 392 g/mol. The summed E-state index contributed by atoms with van der Waals surface area (Å²) in [7, 11) is -3.59. The van der Waals surface area contributed by atoms with Gasteiger partial charge in [0.05, 0.1) is 9.79 Å². The van der Waals surface area contributed by atoms with Gasteiger partial charge in [-0.1, -0.05) is 26.8 Å². The molecule has 0 aliphatic heterocycles. The molecule has 0 saturated carbocycles. The summed E-state index contributed by atoms with van der Waals surface area (Å²) in [6.45, 7) is 6.50. The van der Waals surface area contributed by atoms with Crippen LogP contribution in [0.25, 0.3) is 0 Å². The summed E-state index contributed by atoms with van der Waals surface area (Å²) in [5.41, 5.74) is 0. The smallest absolute Gasteiger partial charge is 0.206 e. The largest absolute Gasteiger partial charge is 0.508 e. The minimum Gasteiger partial charge on any atom is -0.508 e. The Morgan fingerprint density at radius 1 is 0.586 bits per heavy atom. The summed E-state index contributed by atoms with van der Waals surface area (Å²) in [6, 6.07) is 16.4. The normalized spacial score (nSPS) is 10.3. The van der Waals surface area contributed by atoms with E-state index in [0.29, 0.717) is 0 Å². The van der Waals surface area contributed by atoms with Gasteiger partial charge in [-0.15, -0.1) is 0 Å². The van der Waals surface area contributed by atoms with Gasteiger partial charge in [-0.05, 0) is 66.6 Å². The van der Waals surface area contributed by atoms with Crippen molar-refractivity contribution in [2.75, 3.05) is 0 Å². The first kappa shape index (κ1) is 23.8. The Balaban J connectivity index is 0.000000290. The molecule has 7 heteroatoms. The number of phenols is 4. The van der Waals surface area contributed by atoms with Crippen molar-refractivity contribution in [3.05, 3.63) is 72.8 Å². The fraction of sp³-hybridized carbons (Fsp3) is 0.182. The van der Waals surface area contributed by atoms with Gasteiger partial charge < -0.3 is 20.4 Å². The monoisotopic (exact) mass is 418 g/mol. The highest BCUT2D eigenvalue weighted by Gasteiger charge is 2.17. The molecule has 0 radical (unpaired) electrons. The Hall–Kier alpha value is -3.19. The van der Waals surface area contributed by atoms with Crippen molar-refractivity contribution in [3.63, 3.8) is 0 Å². The number of benzene rings is 3. The average molecular weight is 419 g/mol. The van der Waals surface area contributed by atoms with Crippen LogP contribution in [0.5, 0.6) is 23.0 Å². The van der Waals surface area contributed by atoms with E-state index in [2.05, 4.69) is 20.8 Å². The zero-order chi connectivity index (χ0) is 22.0. The number of sulfone groups is 1. The van der Waals surface area contributed by atoms with Crippen molar-refractivity contribution in [3.8, 4) is 23.0 Å². The average Bonchev–Trinajstić information content (AvgIpc) is 2.62. The van der Waals surface area contributed by atoms with Gasteiger partial charge in [0.15, 0.2) is 0 Å². The Labute approximate surface area is 171 Å². The van der Waals surface area contributed by atoms with Crippen LogP contribution < -0.4 is 0 Å². The summed E-state index contributed by atoms with van der Waals surface area (Å²) >= 11 is 0. The second kappa shape index (κ2) is 11.0. The van der Waals surface area contributed by atoms with Crippen molar-refractivity contribution in [1.82, 2.24) is 0 Å². The molecule has 3 aromatic carbocycles. The molecule has 0 aliphatic carbocycles. The predicted molar refractivity (Wildman–Crippen MR) is 112 cm³/mol. The van der Waals surface area contributed by atoms with Crippen LogP contribution in [-0.2, 0) is 9.84 Å². The lowest BCUT2D eigenvalue weighted by Gasteiger charge is -2.04. The topological polar surface area (TPSA) is 115 Å². The van der Waals surface area contributed by atoms with Crippen molar-refractivity contribution in [2.45, 2.75) is 30.6 Å². The molecule has 4 N–H and O–H groups in total. The maximum absolute atomic E-state index is 12.1. The Kier molecular flexibility index (Phi) is 9.02. The highest BCUT2D eigenvalue weighted by Crippen LogP contribution is 2.23. The summed E-state index contributed by atoms with van der Waals surface area (Å²) < 4.78 is 24.2. The van der Waals surface area contributed by atoms with Gasteiger partial charge in [0.2, 0.25) is 9.84 Å². The van der Waals surface area contributed by atoms with Crippen LogP contribution in [0, 0.1) is 5.92 Å². The first-order valence-electron chi connectivity index (χ1n) is 8.83. The zero-order valence-corrected chi connectivity index (χ0v) is 17.3. The molecule has 0 aliphatic rings. The molecule has 0 heterocycles. The fourth-order valence-corrected chi connectivity index (χ4v) is 3.14. The van der Waals surface area contributed by atoms with Crippen molar-refractivity contribution in [2.24, 2.45) is 5.92 Å². The van der Waals surface area contributed by atoms with E-state index in [0.717, 1.165) is 5.92 Å². The molecule has 0 amide bonds. The maximum Gasteiger partial charge on any atom is 0.206 e. The van der Waals surface area contributed by atoms with E-state index in [1.54, 1.807) is 6.07 Å². The number of hydrogen-bond donors (Lipinski definition) is 4. The van der Waals surface area contributed by atoms with Gasteiger partial charge in [0, 0.05) is 6.07 Å². The zero-order valence-electron chi connectivity index (χ0n) is 16.5. The van der Waals surface area contributed by atoms with Gasteiger partial charge in [-0.2, -0.15) is 0 Å². The molecule has 0 unspecified atom stereocenters. The van der Waals surface area contributed by atoms with Crippen LogP contribution in [0.2, 0.25) is 0 Å². The highest BCUT2D eigenvalue weighted by atomic mass is 32.2. The van der Waals surface area contributed by atoms with Crippen molar-refractivity contribution >= 4 is 9.84 Å². The lowest BCUT2D eigenvalue weighted by atomic mass is 10.3. The number of aromatic hydroxyl groups is 4. The van der Waals surface area contributed by atoms with Crippen molar-refractivity contribution < 1.29 is 28.8 Å². The molecule has 6 nitrogen and oxygen atoms in total. The second-order valence-electron chi connectivity index (χ2n) is 6.74. The third-order valence-corrected chi connectivity index (χ3v) is 4.91. The molecule has 0 fully saturated rings. The summed E-state index contributed by atoms with van der Waals surface area (Å²) in [4.78, 5) is 0.196. The minimum absolute atomic E-state index is 0.00894. The Morgan fingerprint density at radius 3 is 1.14 bits per heavy atom. The molecule has 0 aromatic heterocycles. The van der Waals surface area contributed by atoms with E-state index in [1.807, 2.05) is 0 Å². The molecule has 0 bridgehead atoms. The molecule has 0 saturated heterocycles. The van der Waals surface area contributed by atoms with Gasteiger partial charge in [0.25, 0.3) is 0 Å². The van der Waals surface area contributed by atoms with E-state index in [4.69, 9.17) is 20.4 Å². The minimum atomic E-state index is -3.59. The SMILES string of the molecule is CC(C)C.O=S(=O)(c1ccc(O)cc1)c1ccc(O)cc1.Oc1cccc(O)c1. The van der Waals surface area contributed by atoms with Crippen LogP contribution >= 0.6 is 0 Å². The fourth-order valence-electron chi connectivity index (χ4n) is 1.88. The maximum atomic E-state index is 12.1. The van der Waals surface area contributed by atoms with Gasteiger partial charge >= 0.3 is 0 Å². The number of phenolic OH excluding ortho intramolecular Hbond substituents is 4. The lowest BCUT2D eigenvalue weighted by molar-refractivity contribution is 0.450. The number of rotatable bonds is 2. The van der Waals surface area contributed by atoms with Gasteiger partial charge in [-0.25, -0.2) is 8.42 Å². The Bertz CT molecular complexity index is 907. The molecule has 29 heavy (non-hydrogen) atoms. The van der Waals surface area contributed by atoms with E-state index >= 15 is 0 Å². The van der Waals surface area contributed by atoms with Crippen LogP contribution in [0.1, 0.15) is 20.8 Å². The first-order valence-corrected chi connectivity index (χ1v) is 10.3. The third-order valence-electron chi connectivity index (χ3n) is 3.12. The van der Waals surface area contributed by atoms with E-state index < -0.39 is 9.84 Å². The highest BCUT2D eigenvalue weighted by molar-refractivity contribution is 7.91. The van der Waals surface area contributed by atoms with Crippen LogP contribution in [0.3, 0.4) is 0 Å². The third kappa shape index (κ3) is 8.57. The molecule has 3 aromatic rings. The van der Waals surface area contributed by atoms with E-state index in [-0.39, 0.29) is 32.8 Å². The molecular formula is C22H26O6S. The molecule has 0 spiro atoms. The molecule has 156 valence electrons. The van der Waals surface area contributed by atoms with Gasteiger partial charge in [0.1, 0.15) is 23.0 Å². The second-order valence-corrected chi connectivity index (χ2v) is 8.69. The summed E-state index contributed by atoms with van der Waals surface area (Å²) in [5.74, 6) is 1.03. The predicted octanol–water partition coefficient (Wildman–Crippen LogP) is 4.69. The van der Waals surface area contributed by atoms with Crippen LogP contribution in [0.15, 0.2) is 82.6 Å². The van der Waals surface area contributed by atoms with Gasteiger partial charge in [-0.3, -0.25) is 0 Å². The van der Waals surface area contributed by atoms with Crippen LogP contribution in [-0.4, -0.2) is 28.8 Å². The van der Waals surface area contributed by atoms with Crippen LogP contribution in [0.4, 0.5) is 0 Å². The van der Waals surface area contributed by atoms with E-state index in [1.165, 1.54) is 66.7 Å². The number of hydrogen-bond acceptors (Lipinski definition) is 6.